The predicted octanol–water partition coefficient (Wildman–Crippen LogP) is 2.38. The van der Waals surface area contributed by atoms with Crippen molar-refractivity contribution in [2.45, 2.75) is 6.36 Å². The van der Waals surface area contributed by atoms with E-state index >= 15 is 0 Å². The van der Waals surface area contributed by atoms with Gasteiger partial charge in [-0.1, -0.05) is 6.07 Å². The van der Waals surface area contributed by atoms with Gasteiger partial charge in [0.2, 0.25) is 0 Å². The zero-order valence-electron chi connectivity index (χ0n) is 7.64. The number of ether oxygens (including phenoxy) is 1. The summed E-state index contributed by atoms with van der Waals surface area (Å²) < 4.78 is 52.4. The van der Waals surface area contributed by atoms with E-state index in [9.17, 15) is 17.6 Å². The molecule has 0 aliphatic rings. The van der Waals surface area contributed by atoms with Crippen molar-refractivity contribution in [1.29, 1.82) is 0 Å². The molecule has 0 atom stereocenters. The standard InChI is InChI=1S/C8H6F4N2OS/c9-6-4(14-7(13)16)2-1-3-5(6)15-8(10,11)12/h1-3H,(H3,13,14,16). The first kappa shape index (κ1) is 12.5. The van der Waals surface area contributed by atoms with Crippen LogP contribution in [0.15, 0.2) is 18.2 Å². The molecule has 0 bridgehead atoms. The fourth-order valence-electron chi connectivity index (χ4n) is 0.944. The fourth-order valence-corrected chi connectivity index (χ4v) is 1.05. The largest absolute Gasteiger partial charge is 0.573 e. The van der Waals surface area contributed by atoms with Crippen LogP contribution in [0.25, 0.3) is 0 Å². The van der Waals surface area contributed by atoms with Crippen molar-refractivity contribution >= 4 is 23.0 Å². The molecular weight excluding hydrogens is 248 g/mol. The van der Waals surface area contributed by atoms with Crippen LogP contribution in [0.4, 0.5) is 23.2 Å². The monoisotopic (exact) mass is 254 g/mol. The van der Waals surface area contributed by atoms with Crippen LogP contribution in [0, 0.1) is 5.82 Å². The fraction of sp³-hybridized carbons (Fsp3) is 0.125. The highest BCUT2D eigenvalue weighted by Gasteiger charge is 2.32. The van der Waals surface area contributed by atoms with E-state index in [1.807, 2.05) is 0 Å². The molecular formula is C8H6F4N2OS. The molecule has 0 radical (unpaired) electrons. The van der Waals surface area contributed by atoms with E-state index in [1.165, 1.54) is 12.1 Å². The molecule has 0 fully saturated rings. The molecule has 0 aliphatic carbocycles. The first-order valence-electron chi connectivity index (χ1n) is 3.90. The van der Waals surface area contributed by atoms with E-state index in [1.54, 1.807) is 0 Å². The lowest BCUT2D eigenvalue weighted by Crippen LogP contribution is -2.21. The van der Waals surface area contributed by atoms with Gasteiger partial charge < -0.3 is 15.8 Å². The first-order valence-corrected chi connectivity index (χ1v) is 4.31. The summed E-state index contributed by atoms with van der Waals surface area (Å²) in [5, 5.41) is 1.93. The summed E-state index contributed by atoms with van der Waals surface area (Å²) in [7, 11) is 0. The van der Waals surface area contributed by atoms with Gasteiger partial charge in [-0.25, -0.2) is 4.39 Å². The summed E-state index contributed by atoms with van der Waals surface area (Å²) in [4.78, 5) is 0. The Morgan fingerprint density at radius 1 is 1.38 bits per heavy atom. The maximum atomic E-state index is 13.4. The third-order valence-corrected chi connectivity index (χ3v) is 1.55. The second-order valence-electron chi connectivity index (χ2n) is 2.65. The molecule has 16 heavy (non-hydrogen) atoms. The van der Waals surface area contributed by atoms with E-state index < -0.39 is 17.9 Å². The van der Waals surface area contributed by atoms with Gasteiger partial charge in [-0.3, -0.25) is 0 Å². The van der Waals surface area contributed by atoms with Crippen molar-refractivity contribution in [3.63, 3.8) is 0 Å². The molecule has 3 N–H and O–H groups in total. The number of halogens is 4. The zero-order chi connectivity index (χ0) is 12.3. The number of hydrogen-bond acceptors (Lipinski definition) is 2. The van der Waals surface area contributed by atoms with Crippen LogP contribution in [0.3, 0.4) is 0 Å². The minimum absolute atomic E-state index is 0.261. The van der Waals surface area contributed by atoms with E-state index in [0.717, 1.165) is 6.07 Å². The second-order valence-corrected chi connectivity index (χ2v) is 3.09. The zero-order valence-corrected chi connectivity index (χ0v) is 8.45. The number of benzene rings is 1. The molecule has 0 saturated heterocycles. The van der Waals surface area contributed by atoms with Crippen molar-refractivity contribution in [1.82, 2.24) is 0 Å². The van der Waals surface area contributed by atoms with Gasteiger partial charge in [0.15, 0.2) is 16.7 Å². The van der Waals surface area contributed by atoms with Crippen LogP contribution >= 0.6 is 12.2 Å². The minimum Gasteiger partial charge on any atom is -0.403 e. The highest BCUT2D eigenvalue weighted by molar-refractivity contribution is 7.80. The van der Waals surface area contributed by atoms with Crippen molar-refractivity contribution in [3.8, 4) is 5.75 Å². The molecule has 0 amide bonds. The Morgan fingerprint density at radius 2 is 2.00 bits per heavy atom. The molecule has 1 rings (SSSR count). The molecule has 8 heteroatoms. The van der Waals surface area contributed by atoms with E-state index in [0.29, 0.717) is 0 Å². The highest BCUT2D eigenvalue weighted by atomic mass is 32.1. The van der Waals surface area contributed by atoms with E-state index in [-0.39, 0.29) is 10.8 Å². The summed E-state index contributed by atoms with van der Waals surface area (Å²) in [5.41, 5.74) is 4.78. The van der Waals surface area contributed by atoms with Gasteiger partial charge in [0.05, 0.1) is 5.69 Å². The number of anilines is 1. The molecule has 0 unspecified atom stereocenters. The number of alkyl halides is 3. The Bertz CT molecular complexity index is 408. The van der Waals surface area contributed by atoms with Gasteiger partial charge in [-0.15, -0.1) is 13.2 Å². The quantitative estimate of drug-likeness (QED) is 0.628. The SMILES string of the molecule is NC(=S)Nc1cccc(OC(F)(F)F)c1F. The van der Waals surface area contributed by atoms with Crippen LogP contribution in [0.5, 0.6) is 5.75 Å². The van der Waals surface area contributed by atoms with Crippen molar-refractivity contribution < 1.29 is 22.3 Å². The summed E-state index contributed by atoms with van der Waals surface area (Å²) in [6, 6.07) is 3.19. The van der Waals surface area contributed by atoms with E-state index in [2.05, 4.69) is 22.3 Å². The molecule has 0 heterocycles. The van der Waals surface area contributed by atoms with Crippen LogP contribution in [0.1, 0.15) is 0 Å². The lowest BCUT2D eigenvalue weighted by atomic mass is 10.3. The van der Waals surface area contributed by atoms with Crippen LogP contribution in [0.2, 0.25) is 0 Å². The Balaban J connectivity index is 2.99. The van der Waals surface area contributed by atoms with Crippen LogP contribution in [-0.2, 0) is 0 Å². The lowest BCUT2D eigenvalue weighted by molar-refractivity contribution is -0.275. The molecule has 0 aliphatic heterocycles. The molecule has 1 aromatic carbocycles. The smallest absolute Gasteiger partial charge is 0.403 e. The number of hydrogen-bond donors (Lipinski definition) is 2. The van der Waals surface area contributed by atoms with Gasteiger partial charge in [-0.05, 0) is 24.4 Å². The van der Waals surface area contributed by atoms with Crippen LogP contribution in [-0.4, -0.2) is 11.5 Å². The third-order valence-electron chi connectivity index (χ3n) is 1.45. The Kier molecular flexibility index (Phi) is 3.53. The number of nitrogens with two attached hydrogens (primary N) is 1. The first-order chi connectivity index (χ1) is 7.29. The van der Waals surface area contributed by atoms with Crippen LogP contribution < -0.4 is 15.8 Å². The second kappa shape index (κ2) is 4.52. The predicted molar refractivity (Wildman–Crippen MR) is 53.5 cm³/mol. The number of nitrogens with one attached hydrogen (secondary N) is 1. The summed E-state index contributed by atoms with van der Waals surface area (Å²) in [6.45, 7) is 0. The Hall–Kier alpha value is -1.57. The van der Waals surface area contributed by atoms with Crippen molar-refractivity contribution in [3.05, 3.63) is 24.0 Å². The van der Waals surface area contributed by atoms with E-state index in [4.69, 9.17) is 5.73 Å². The maximum Gasteiger partial charge on any atom is 0.573 e. The van der Waals surface area contributed by atoms with Gasteiger partial charge in [0.1, 0.15) is 0 Å². The molecule has 0 saturated carbocycles. The average Bonchev–Trinajstić information content (AvgIpc) is 2.09. The number of thiocarbonyl (C=S) groups is 1. The number of rotatable bonds is 2. The molecule has 0 spiro atoms. The average molecular weight is 254 g/mol. The normalized spacial score (nSPS) is 11.0. The van der Waals surface area contributed by atoms with Gasteiger partial charge in [0, 0.05) is 0 Å². The topological polar surface area (TPSA) is 47.3 Å². The molecule has 0 aromatic heterocycles. The Labute approximate surface area is 93.2 Å². The van der Waals surface area contributed by atoms with Gasteiger partial charge in [-0.2, -0.15) is 0 Å². The summed E-state index contributed by atoms with van der Waals surface area (Å²) in [6.07, 6.45) is -4.96. The molecule has 1 aromatic rings. The highest BCUT2D eigenvalue weighted by Crippen LogP contribution is 2.29. The minimum atomic E-state index is -4.96. The third kappa shape index (κ3) is 3.54. The summed E-state index contributed by atoms with van der Waals surface area (Å²) >= 11 is 4.43. The Morgan fingerprint density at radius 3 is 2.50 bits per heavy atom. The summed E-state index contributed by atoms with van der Waals surface area (Å²) in [5.74, 6) is -2.17. The molecule has 3 nitrogen and oxygen atoms in total. The van der Waals surface area contributed by atoms with Crippen molar-refractivity contribution in [2.24, 2.45) is 5.73 Å². The van der Waals surface area contributed by atoms with Crippen molar-refractivity contribution in [2.75, 3.05) is 5.32 Å². The molecule has 88 valence electrons. The lowest BCUT2D eigenvalue weighted by Gasteiger charge is -2.12. The maximum absolute atomic E-state index is 13.4. The van der Waals surface area contributed by atoms with Gasteiger partial charge >= 0.3 is 6.36 Å². The van der Waals surface area contributed by atoms with Gasteiger partial charge in [0.25, 0.3) is 0 Å².